The van der Waals surface area contributed by atoms with Crippen LogP contribution in [0.2, 0.25) is 0 Å². The Morgan fingerprint density at radius 2 is 2.33 bits per heavy atom. The van der Waals surface area contributed by atoms with E-state index in [1.54, 1.807) is 7.11 Å². The number of rotatable bonds is 6. The number of methoxy groups -OCH3 is 1. The molecule has 2 atom stereocenters. The van der Waals surface area contributed by atoms with Gasteiger partial charge in [-0.15, -0.1) is 0 Å². The van der Waals surface area contributed by atoms with Crippen LogP contribution in [0.4, 0.5) is 0 Å². The highest BCUT2D eigenvalue weighted by Gasteiger charge is 2.21. The third-order valence-corrected chi connectivity index (χ3v) is 4.02. The molecule has 0 amide bonds. The summed E-state index contributed by atoms with van der Waals surface area (Å²) in [5, 5.41) is 3.16. The molecule has 90 valence electrons. The molecule has 1 aliphatic rings. The van der Waals surface area contributed by atoms with Gasteiger partial charge in [-0.25, -0.2) is 13.1 Å². The van der Waals surface area contributed by atoms with Crippen LogP contribution in [-0.2, 0) is 14.8 Å². The molecule has 0 bridgehead atoms. The number of hydrogen-bond donors (Lipinski definition) is 2. The molecular formula is C9H20N2O3S. The molecule has 1 fully saturated rings. The number of sulfonamides is 1. The molecule has 0 aromatic heterocycles. The lowest BCUT2D eigenvalue weighted by atomic mass is 10.3. The van der Waals surface area contributed by atoms with Gasteiger partial charge in [0, 0.05) is 19.7 Å². The summed E-state index contributed by atoms with van der Waals surface area (Å²) in [4.78, 5) is 0. The molecule has 1 aliphatic heterocycles. The SMILES string of the molecule is COC(C)CNS(=O)(=O)CC1CCCN1. The minimum atomic E-state index is -3.16. The van der Waals surface area contributed by atoms with Crippen LogP contribution in [-0.4, -0.2) is 46.5 Å². The lowest BCUT2D eigenvalue weighted by molar-refractivity contribution is 0.122. The smallest absolute Gasteiger partial charge is 0.213 e. The van der Waals surface area contributed by atoms with E-state index in [-0.39, 0.29) is 17.9 Å². The molecule has 0 spiro atoms. The fraction of sp³-hybridized carbons (Fsp3) is 1.00. The monoisotopic (exact) mass is 236 g/mol. The van der Waals surface area contributed by atoms with Crippen LogP contribution in [0, 0.1) is 0 Å². The summed E-state index contributed by atoms with van der Waals surface area (Å²) >= 11 is 0. The van der Waals surface area contributed by atoms with Crippen LogP contribution in [0.25, 0.3) is 0 Å². The average Bonchev–Trinajstić information content (AvgIpc) is 2.66. The van der Waals surface area contributed by atoms with Gasteiger partial charge >= 0.3 is 0 Å². The van der Waals surface area contributed by atoms with Crippen molar-refractivity contribution in [1.29, 1.82) is 0 Å². The van der Waals surface area contributed by atoms with Crippen molar-refractivity contribution >= 4 is 10.0 Å². The van der Waals surface area contributed by atoms with Crippen molar-refractivity contribution < 1.29 is 13.2 Å². The second kappa shape index (κ2) is 5.79. The molecular weight excluding hydrogens is 216 g/mol. The number of nitrogens with one attached hydrogen (secondary N) is 2. The van der Waals surface area contributed by atoms with Gasteiger partial charge in [0.2, 0.25) is 10.0 Å². The Kier molecular flexibility index (Phi) is 4.98. The Hall–Kier alpha value is -0.170. The first kappa shape index (κ1) is 12.9. The lowest BCUT2D eigenvalue weighted by Gasteiger charge is -2.14. The summed E-state index contributed by atoms with van der Waals surface area (Å²) in [7, 11) is -1.60. The van der Waals surface area contributed by atoms with Crippen molar-refractivity contribution in [2.45, 2.75) is 31.9 Å². The van der Waals surface area contributed by atoms with Crippen LogP contribution in [0.3, 0.4) is 0 Å². The van der Waals surface area contributed by atoms with Crippen molar-refractivity contribution in [3.05, 3.63) is 0 Å². The van der Waals surface area contributed by atoms with Crippen LogP contribution >= 0.6 is 0 Å². The fourth-order valence-electron chi connectivity index (χ4n) is 1.55. The van der Waals surface area contributed by atoms with Crippen LogP contribution in [0.1, 0.15) is 19.8 Å². The molecule has 15 heavy (non-hydrogen) atoms. The quantitative estimate of drug-likeness (QED) is 0.664. The van der Waals surface area contributed by atoms with Gasteiger partial charge in [-0.3, -0.25) is 0 Å². The Balaban J connectivity index is 2.31. The molecule has 0 aromatic carbocycles. The van der Waals surface area contributed by atoms with Crippen molar-refractivity contribution in [1.82, 2.24) is 10.0 Å². The van der Waals surface area contributed by atoms with Gasteiger partial charge in [-0.2, -0.15) is 0 Å². The molecule has 0 aromatic rings. The Labute approximate surface area is 91.6 Å². The predicted octanol–water partition coefficient (Wildman–Crippen LogP) is -0.307. The van der Waals surface area contributed by atoms with Gasteiger partial charge in [0.25, 0.3) is 0 Å². The minimum absolute atomic E-state index is 0.0867. The molecule has 1 rings (SSSR count). The number of ether oxygens (including phenoxy) is 1. The zero-order valence-electron chi connectivity index (χ0n) is 9.32. The second-order valence-electron chi connectivity index (χ2n) is 3.97. The Morgan fingerprint density at radius 3 is 2.87 bits per heavy atom. The summed E-state index contributed by atoms with van der Waals surface area (Å²) in [6.07, 6.45) is 1.92. The van der Waals surface area contributed by atoms with E-state index in [1.807, 2.05) is 6.92 Å². The van der Waals surface area contributed by atoms with E-state index >= 15 is 0 Å². The molecule has 0 saturated carbocycles. The van der Waals surface area contributed by atoms with E-state index < -0.39 is 10.0 Å². The fourth-order valence-corrected chi connectivity index (χ4v) is 2.97. The Morgan fingerprint density at radius 1 is 1.60 bits per heavy atom. The van der Waals surface area contributed by atoms with E-state index in [1.165, 1.54) is 0 Å². The van der Waals surface area contributed by atoms with Crippen molar-refractivity contribution in [2.24, 2.45) is 0 Å². The molecule has 5 nitrogen and oxygen atoms in total. The third kappa shape index (κ3) is 4.92. The van der Waals surface area contributed by atoms with Crippen LogP contribution < -0.4 is 10.0 Å². The highest BCUT2D eigenvalue weighted by Crippen LogP contribution is 2.06. The van der Waals surface area contributed by atoms with Crippen LogP contribution in [0.5, 0.6) is 0 Å². The molecule has 1 saturated heterocycles. The summed E-state index contributed by atoms with van der Waals surface area (Å²) in [6, 6.07) is 0.111. The predicted molar refractivity (Wildman–Crippen MR) is 59.3 cm³/mol. The molecule has 2 unspecified atom stereocenters. The van der Waals surface area contributed by atoms with Crippen molar-refractivity contribution in [3.8, 4) is 0 Å². The molecule has 6 heteroatoms. The largest absolute Gasteiger partial charge is 0.380 e. The number of hydrogen-bond acceptors (Lipinski definition) is 4. The maximum atomic E-state index is 11.6. The standard InChI is InChI=1S/C9H20N2O3S/c1-8(14-2)6-11-15(12,13)7-9-4-3-5-10-9/h8-11H,3-7H2,1-2H3. The summed E-state index contributed by atoms with van der Waals surface area (Å²) < 4.78 is 30.7. The van der Waals surface area contributed by atoms with Gasteiger partial charge < -0.3 is 10.1 Å². The van der Waals surface area contributed by atoms with Gasteiger partial charge in [0.1, 0.15) is 0 Å². The zero-order valence-corrected chi connectivity index (χ0v) is 10.1. The van der Waals surface area contributed by atoms with Gasteiger partial charge in [-0.1, -0.05) is 0 Å². The summed E-state index contributed by atoms with van der Waals surface area (Å²) in [5.74, 6) is 0.170. The average molecular weight is 236 g/mol. The maximum absolute atomic E-state index is 11.6. The normalized spacial score (nSPS) is 24.3. The Bertz CT molecular complexity index is 273. The first-order chi connectivity index (χ1) is 7.03. The van der Waals surface area contributed by atoms with Crippen molar-refractivity contribution in [2.75, 3.05) is 26.0 Å². The minimum Gasteiger partial charge on any atom is -0.380 e. The van der Waals surface area contributed by atoms with Gasteiger partial charge in [0.15, 0.2) is 0 Å². The highest BCUT2D eigenvalue weighted by molar-refractivity contribution is 7.89. The van der Waals surface area contributed by atoms with Crippen LogP contribution in [0.15, 0.2) is 0 Å². The highest BCUT2D eigenvalue weighted by atomic mass is 32.2. The van der Waals surface area contributed by atoms with E-state index in [9.17, 15) is 8.42 Å². The second-order valence-corrected chi connectivity index (χ2v) is 5.82. The van der Waals surface area contributed by atoms with E-state index in [0.29, 0.717) is 6.54 Å². The zero-order chi connectivity index (χ0) is 11.3. The summed E-state index contributed by atoms with van der Waals surface area (Å²) in [5.41, 5.74) is 0. The topological polar surface area (TPSA) is 67.4 Å². The van der Waals surface area contributed by atoms with Gasteiger partial charge in [-0.05, 0) is 26.3 Å². The first-order valence-electron chi connectivity index (χ1n) is 5.27. The van der Waals surface area contributed by atoms with E-state index in [0.717, 1.165) is 19.4 Å². The van der Waals surface area contributed by atoms with Crippen molar-refractivity contribution in [3.63, 3.8) is 0 Å². The molecule has 1 heterocycles. The lowest BCUT2D eigenvalue weighted by Crippen LogP contribution is -2.39. The summed E-state index contributed by atoms with van der Waals surface area (Å²) in [6.45, 7) is 3.09. The molecule has 0 radical (unpaired) electrons. The maximum Gasteiger partial charge on any atom is 0.213 e. The molecule has 2 N–H and O–H groups in total. The third-order valence-electron chi connectivity index (χ3n) is 2.58. The van der Waals surface area contributed by atoms with E-state index in [4.69, 9.17) is 4.74 Å². The molecule has 0 aliphatic carbocycles. The van der Waals surface area contributed by atoms with Gasteiger partial charge in [0.05, 0.1) is 11.9 Å². The van der Waals surface area contributed by atoms with E-state index in [2.05, 4.69) is 10.0 Å². The first-order valence-corrected chi connectivity index (χ1v) is 6.92.